The minimum atomic E-state index is -1.10. The van der Waals surface area contributed by atoms with E-state index in [1.165, 1.54) is 6.92 Å². The highest BCUT2D eigenvalue weighted by molar-refractivity contribution is 5.94. The van der Waals surface area contributed by atoms with E-state index in [9.17, 15) is 14.4 Å². The van der Waals surface area contributed by atoms with Gasteiger partial charge in [-0.25, -0.2) is 0 Å². The Morgan fingerprint density at radius 3 is 2.64 bits per heavy atom. The number of furan rings is 1. The average Bonchev–Trinajstić information content (AvgIpc) is 2.82. The van der Waals surface area contributed by atoms with Gasteiger partial charge in [0, 0.05) is 38.0 Å². The molecule has 120 valence electrons. The molecule has 2 rings (SSSR count). The fourth-order valence-corrected chi connectivity index (χ4v) is 2.32. The van der Waals surface area contributed by atoms with Crippen LogP contribution in [0.2, 0.25) is 0 Å². The average molecular weight is 308 g/mol. The number of rotatable bonds is 5. The molecule has 0 bridgehead atoms. The van der Waals surface area contributed by atoms with Crippen LogP contribution < -0.4 is 5.32 Å². The molecular formula is C15H20N2O5. The zero-order chi connectivity index (χ0) is 16.3. The molecule has 1 aromatic rings. The van der Waals surface area contributed by atoms with E-state index in [-0.39, 0.29) is 11.5 Å². The van der Waals surface area contributed by atoms with Gasteiger partial charge in [-0.1, -0.05) is 0 Å². The molecule has 0 aromatic carbocycles. The van der Waals surface area contributed by atoms with E-state index < -0.39 is 17.9 Å². The summed E-state index contributed by atoms with van der Waals surface area (Å²) in [5.74, 6) is -0.630. The molecule has 1 aromatic heterocycles. The second-order valence-electron chi connectivity index (χ2n) is 5.54. The topological polar surface area (TPSA) is 99.8 Å². The van der Waals surface area contributed by atoms with Gasteiger partial charge in [0.25, 0.3) is 5.91 Å². The van der Waals surface area contributed by atoms with Gasteiger partial charge in [-0.2, -0.15) is 0 Å². The molecule has 7 nitrogen and oxygen atoms in total. The van der Waals surface area contributed by atoms with Crippen molar-refractivity contribution < 1.29 is 23.9 Å². The van der Waals surface area contributed by atoms with Crippen molar-refractivity contribution in [3.05, 3.63) is 23.2 Å². The summed E-state index contributed by atoms with van der Waals surface area (Å²) in [6, 6.07) is 0.657. The Morgan fingerprint density at radius 1 is 1.41 bits per heavy atom. The van der Waals surface area contributed by atoms with Gasteiger partial charge in [-0.05, 0) is 19.9 Å². The molecule has 1 atom stereocenters. The monoisotopic (exact) mass is 308 g/mol. The van der Waals surface area contributed by atoms with E-state index in [0.29, 0.717) is 38.2 Å². The minimum absolute atomic E-state index is 0.105. The number of carbonyl (C=O) groups is 3. The number of carbonyl (C=O) groups excluding carboxylic acids is 2. The summed E-state index contributed by atoms with van der Waals surface area (Å²) in [5.41, 5.74) is 0.877. The first kappa shape index (κ1) is 16.2. The summed E-state index contributed by atoms with van der Waals surface area (Å²) in [5, 5.41) is 11.2. The highest BCUT2D eigenvalue weighted by atomic mass is 16.4. The van der Waals surface area contributed by atoms with E-state index in [1.807, 2.05) is 0 Å². The van der Waals surface area contributed by atoms with Crippen LogP contribution in [0.5, 0.6) is 0 Å². The molecule has 0 radical (unpaired) electrons. The number of ketones is 1. The molecule has 2 N–H and O–H groups in total. The normalized spacial score (nSPS) is 17.3. The van der Waals surface area contributed by atoms with Crippen LogP contribution in [0.25, 0.3) is 0 Å². The second kappa shape index (κ2) is 6.74. The number of nitrogens with zero attached hydrogens (tertiary/aromatic N) is 1. The molecule has 0 aliphatic carbocycles. The molecule has 1 aliphatic heterocycles. The summed E-state index contributed by atoms with van der Waals surface area (Å²) in [7, 11) is 0. The Bertz CT molecular complexity index is 583. The largest absolute Gasteiger partial charge is 0.480 e. The van der Waals surface area contributed by atoms with Gasteiger partial charge >= 0.3 is 5.97 Å². The predicted molar refractivity (Wildman–Crippen MR) is 77.5 cm³/mol. The van der Waals surface area contributed by atoms with Gasteiger partial charge in [0.1, 0.15) is 17.6 Å². The van der Waals surface area contributed by atoms with Crippen LogP contribution >= 0.6 is 0 Å². The summed E-state index contributed by atoms with van der Waals surface area (Å²) in [6.07, 6.45) is 1.11. The van der Waals surface area contributed by atoms with Crippen molar-refractivity contribution in [3.8, 4) is 0 Å². The predicted octanol–water partition coefficient (Wildman–Crippen LogP) is 0.956. The van der Waals surface area contributed by atoms with Crippen molar-refractivity contribution in [2.24, 2.45) is 0 Å². The lowest BCUT2D eigenvalue weighted by Gasteiger charge is -2.25. The number of likely N-dealkylation sites (tertiary alicyclic amines) is 1. The third kappa shape index (κ3) is 3.94. The van der Waals surface area contributed by atoms with Crippen molar-refractivity contribution in [2.45, 2.75) is 39.3 Å². The molecule has 1 fully saturated rings. The van der Waals surface area contributed by atoms with E-state index >= 15 is 0 Å². The number of hydrogen-bond donors (Lipinski definition) is 2. The van der Waals surface area contributed by atoms with Gasteiger partial charge < -0.3 is 14.8 Å². The van der Waals surface area contributed by atoms with Crippen LogP contribution in [0, 0.1) is 6.92 Å². The fourth-order valence-electron chi connectivity index (χ4n) is 2.32. The van der Waals surface area contributed by atoms with Crippen LogP contribution in [0.3, 0.4) is 0 Å². The van der Waals surface area contributed by atoms with Gasteiger partial charge in [-0.3, -0.25) is 19.3 Å². The number of hydrogen-bond acceptors (Lipinski definition) is 5. The maximum atomic E-state index is 11.9. The number of piperidine rings is 1. The molecular weight excluding hydrogens is 288 g/mol. The van der Waals surface area contributed by atoms with E-state index in [2.05, 4.69) is 10.2 Å². The number of carboxylic acid groups (broad SMARTS) is 1. The smallest absolute Gasteiger partial charge is 0.325 e. The molecule has 1 saturated heterocycles. The SMILES string of the molecule is Cc1oc(C(=O)NC(C)C(=O)O)cc1CN1CCC(=O)CC1. The first-order chi connectivity index (χ1) is 10.4. The summed E-state index contributed by atoms with van der Waals surface area (Å²) >= 11 is 0. The first-order valence-electron chi connectivity index (χ1n) is 7.24. The van der Waals surface area contributed by atoms with Gasteiger partial charge in [0.15, 0.2) is 5.76 Å². The standard InChI is InChI=1S/C15H20N2O5/c1-9(15(20)21)16-14(19)13-7-11(10(2)22-13)8-17-5-3-12(18)4-6-17/h7,9H,3-6,8H2,1-2H3,(H,16,19)(H,20,21). The first-order valence-corrected chi connectivity index (χ1v) is 7.24. The van der Waals surface area contributed by atoms with Gasteiger partial charge in [-0.15, -0.1) is 0 Å². The molecule has 1 aliphatic rings. The summed E-state index contributed by atoms with van der Waals surface area (Å²) in [6.45, 7) is 5.19. The van der Waals surface area contributed by atoms with Crippen LogP contribution in [0.4, 0.5) is 0 Å². The molecule has 1 amide bonds. The third-order valence-electron chi connectivity index (χ3n) is 3.77. The Morgan fingerprint density at radius 2 is 2.05 bits per heavy atom. The highest BCUT2D eigenvalue weighted by Crippen LogP contribution is 2.18. The van der Waals surface area contributed by atoms with Gasteiger partial charge in [0.05, 0.1) is 0 Å². The highest BCUT2D eigenvalue weighted by Gasteiger charge is 2.22. The number of Topliss-reactive ketones (excluding diaryl/α,β-unsaturated/α-hetero) is 1. The van der Waals surface area contributed by atoms with Crippen molar-refractivity contribution in [3.63, 3.8) is 0 Å². The van der Waals surface area contributed by atoms with Crippen molar-refractivity contribution in [1.29, 1.82) is 0 Å². The second-order valence-corrected chi connectivity index (χ2v) is 5.54. The number of nitrogens with one attached hydrogen (secondary N) is 1. The van der Waals surface area contributed by atoms with Gasteiger partial charge in [0.2, 0.25) is 0 Å². The van der Waals surface area contributed by atoms with Crippen molar-refractivity contribution in [1.82, 2.24) is 10.2 Å². The quantitative estimate of drug-likeness (QED) is 0.840. The Balaban J connectivity index is 2.00. The molecule has 1 unspecified atom stereocenters. The zero-order valence-electron chi connectivity index (χ0n) is 12.7. The van der Waals surface area contributed by atoms with E-state index in [1.54, 1.807) is 13.0 Å². The maximum Gasteiger partial charge on any atom is 0.325 e. The van der Waals surface area contributed by atoms with Crippen LogP contribution in [0.15, 0.2) is 10.5 Å². The number of carboxylic acids is 1. The van der Waals surface area contributed by atoms with Crippen LogP contribution in [0.1, 0.15) is 41.6 Å². The zero-order valence-corrected chi connectivity index (χ0v) is 12.7. The van der Waals surface area contributed by atoms with Crippen molar-refractivity contribution >= 4 is 17.7 Å². The fraction of sp³-hybridized carbons (Fsp3) is 0.533. The Labute approximate surface area is 128 Å². The minimum Gasteiger partial charge on any atom is -0.480 e. The third-order valence-corrected chi connectivity index (χ3v) is 3.77. The maximum absolute atomic E-state index is 11.9. The lowest BCUT2D eigenvalue weighted by Crippen LogP contribution is -2.38. The molecule has 7 heteroatoms. The number of amides is 1. The lowest BCUT2D eigenvalue weighted by molar-refractivity contribution is -0.138. The van der Waals surface area contributed by atoms with Crippen LogP contribution in [-0.4, -0.2) is 46.8 Å². The van der Waals surface area contributed by atoms with Crippen molar-refractivity contribution in [2.75, 3.05) is 13.1 Å². The summed E-state index contributed by atoms with van der Waals surface area (Å²) < 4.78 is 5.42. The Hall–Kier alpha value is -2.15. The van der Waals surface area contributed by atoms with Crippen LogP contribution in [-0.2, 0) is 16.1 Å². The molecule has 0 saturated carbocycles. The molecule has 0 spiro atoms. The molecule has 22 heavy (non-hydrogen) atoms. The van der Waals surface area contributed by atoms with E-state index in [0.717, 1.165) is 5.56 Å². The number of aryl methyl sites for hydroxylation is 1. The Kier molecular flexibility index (Phi) is 4.97. The number of aliphatic carboxylic acids is 1. The molecule has 2 heterocycles. The lowest BCUT2D eigenvalue weighted by atomic mass is 10.1. The van der Waals surface area contributed by atoms with E-state index in [4.69, 9.17) is 9.52 Å². The summed E-state index contributed by atoms with van der Waals surface area (Å²) in [4.78, 5) is 36.1.